The predicted octanol–water partition coefficient (Wildman–Crippen LogP) is 4.38. The molecule has 0 atom stereocenters. The number of nitrogens with one attached hydrogen (secondary N) is 1. The molecule has 0 radical (unpaired) electrons. The van der Waals surface area contributed by atoms with Gasteiger partial charge in [-0.25, -0.2) is 4.68 Å². The Hall–Kier alpha value is -3.60. The Balaban J connectivity index is 1.76. The predicted molar refractivity (Wildman–Crippen MR) is 95.7 cm³/mol. The van der Waals surface area contributed by atoms with Gasteiger partial charge in [0, 0.05) is 11.6 Å². The van der Waals surface area contributed by atoms with E-state index >= 15 is 0 Å². The minimum Gasteiger partial charge on any atom is -0.459 e. The summed E-state index contributed by atoms with van der Waals surface area (Å²) in [6.45, 7) is 0. The van der Waals surface area contributed by atoms with Crippen LogP contribution in [-0.2, 0) is 0 Å². The average molecular weight is 329 g/mol. The van der Waals surface area contributed by atoms with Crippen LogP contribution in [0.3, 0.4) is 0 Å². The minimum atomic E-state index is -0.318. The summed E-state index contributed by atoms with van der Waals surface area (Å²) in [5.41, 5.74) is 2.62. The lowest BCUT2D eigenvalue weighted by Crippen LogP contribution is -2.14. The fourth-order valence-electron chi connectivity index (χ4n) is 2.57. The second-order valence-electron chi connectivity index (χ2n) is 5.46. The van der Waals surface area contributed by atoms with Crippen LogP contribution in [-0.4, -0.2) is 15.7 Å². The van der Waals surface area contributed by atoms with E-state index in [-0.39, 0.29) is 11.7 Å². The first-order valence-corrected chi connectivity index (χ1v) is 7.87. The Labute approximate surface area is 144 Å². The van der Waals surface area contributed by atoms with Crippen molar-refractivity contribution in [2.45, 2.75) is 0 Å². The molecule has 5 nitrogen and oxygen atoms in total. The van der Waals surface area contributed by atoms with Gasteiger partial charge in [-0.05, 0) is 24.3 Å². The van der Waals surface area contributed by atoms with Crippen molar-refractivity contribution in [1.82, 2.24) is 9.78 Å². The molecule has 0 saturated heterocycles. The first-order valence-electron chi connectivity index (χ1n) is 7.87. The monoisotopic (exact) mass is 329 g/mol. The standard InChI is InChI=1S/C20H15N3O2/c24-20(18-12-7-13-25-18)21-19-14-17(15-8-3-1-4-9-15)22-23(19)16-10-5-2-6-11-16/h1-14H,(H,21,24). The number of anilines is 1. The van der Waals surface area contributed by atoms with Gasteiger partial charge in [0.25, 0.3) is 5.91 Å². The van der Waals surface area contributed by atoms with Crippen molar-refractivity contribution < 1.29 is 9.21 Å². The van der Waals surface area contributed by atoms with Crippen LogP contribution in [0, 0.1) is 0 Å². The summed E-state index contributed by atoms with van der Waals surface area (Å²) in [6, 6.07) is 24.6. The molecule has 2 aromatic carbocycles. The molecule has 2 heterocycles. The SMILES string of the molecule is O=C(Nc1cc(-c2ccccc2)nn1-c1ccccc1)c1ccco1. The summed E-state index contributed by atoms with van der Waals surface area (Å²) < 4.78 is 6.87. The van der Waals surface area contributed by atoms with E-state index in [0.717, 1.165) is 16.9 Å². The fourth-order valence-corrected chi connectivity index (χ4v) is 2.57. The van der Waals surface area contributed by atoms with Crippen LogP contribution in [0.2, 0.25) is 0 Å². The molecule has 122 valence electrons. The molecule has 0 aliphatic rings. The quantitative estimate of drug-likeness (QED) is 0.604. The first-order chi connectivity index (χ1) is 12.3. The van der Waals surface area contributed by atoms with E-state index in [1.165, 1.54) is 6.26 Å². The minimum absolute atomic E-state index is 0.252. The summed E-state index contributed by atoms with van der Waals surface area (Å²) in [6.07, 6.45) is 1.47. The van der Waals surface area contributed by atoms with Crippen molar-refractivity contribution in [3.05, 3.63) is 90.9 Å². The number of amides is 1. The van der Waals surface area contributed by atoms with Gasteiger partial charge in [-0.3, -0.25) is 4.79 Å². The van der Waals surface area contributed by atoms with Crippen molar-refractivity contribution in [3.8, 4) is 16.9 Å². The van der Waals surface area contributed by atoms with Crippen molar-refractivity contribution in [2.75, 3.05) is 5.32 Å². The second-order valence-corrected chi connectivity index (χ2v) is 5.46. The maximum absolute atomic E-state index is 12.4. The van der Waals surface area contributed by atoms with E-state index in [0.29, 0.717) is 5.82 Å². The molecular weight excluding hydrogens is 314 g/mol. The maximum Gasteiger partial charge on any atom is 0.292 e. The molecule has 0 fully saturated rings. The number of para-hydroxylation sites is 1. The number of furan rings is 1. The zero-order valence-electron chi connectivity index (χ0n) is 13.3. The molecule has 0 spiro atoms. The van der Waals surface area contributed by atoms with Crippen LogP contribution in [0.25, 0.3) is 16.9 Å². The van der Waals surface area contributed by atoms with E-state index in [9.17, 15) is 4.79 Å². The van der Waals surface area contributed by atoms with Crippen molar-refractivity contribution in [2.24, 2.45) is 0 Å². The third kappa shape index (κ3) is 3.07. The van der Waals surface area contributed by atoms with Gasteiger partial charge in [-0.1, -0.05) is 48.5 Å². The zero-order valence-corrected chi connectivity index (χ0v) is 13.3. The highest BCUT2D eigenvalue weighted by atomic mass is 16.3. The fraction of sp³-hybridized carbons (Fsp3) is 0. The Morgan fingerprint density at radius 2 is 1.64 bits per heavy atom. The van der Waals surface area contributed by atoms with Crippen molar-refractivity contribution in [3.63, 3.8) is 0 Å². The lowest BCUT2D eigenvalue weighted by Gasteiger charge is -2.07. The number of hydrogen-bond acceptors (Lipinski definition) is 3. The molecule has 0 aliphatic carbocycles. The van der Waals surface area contributed by atoms with Gasteiger partial charge in [0.1, 0.15) is 5.82 Å². The van der Waals surface area contributed by atoms with Crippen LogP contribution in [0.1, 0.15) is 10.6 Å². The zero-order chi connectivity index (χ0) is 17.1. The van der Waals surface area contributed by atoms with Gasteiger partial charge in [0.05, 0.1) is 17.6 Å². The number of rotatable bonds is 4. The summed E-state index contributed by atoms with van der Waals surface area (Å²) >= 11 is 0. The molecule has 0 unspecified atom stereocenters. The Morgan fingerprint density at radius 3 is 2.32 bits per heavy atom. The molecule has 5 heteroatoms. The molecule has 25 heavy (non-hydrogen) atoms. The van der Waals surface area contributed by atoms with Gasteiger partial charge in [0.2, 0.25) is 0 Å². The van der Waals surface area contributed by atoms with E-state index in [1.807, 2.05) is 66.7 Å². The third-order valence-electron chi connectivity index (χ3n) is 3.77. The molecule has 1 N–H and O–H groups in total. The number of nitrogens with zero attached hydrogens (tertiary/aromatic N) is 2. The number of carbonyl (C=O) groups is 1. The highest BCUT2D eigenvalue weighted by molar-refractivity contribution is 6.02. The van der Waals surface area contributed by atoms with E-state index in [4.69, 9.17) is 4.42 Å². The molecule has 0 aliphatic heterocycles. The van der Waals surface area contributed by atoms with Gasteiger partial charge in [-0.15, -0.1) is 0 Å². The number of benzene rings is 2. The molecule has 0 bridgehead atoms. The highest BCUT2D eigenvalue weighted by Crippen LogP contribution is 2.25. The van der Waals surface area contributed by atoms with Crippen LogP contribution < -0.4 is 5.32 Å². The largest absolute Gasteiger partial charge is 0.459 e. The second kappa shape index (κ2) is 6.49. The molecular formula is C20H15N3O2. The van der Waals surface area contributed by atoms with E-state index in [2.05, 4.69) is 10.4 Å². The van der Waals surface area contributed by atoms with Crippen LogP contribution in [0.5, 0.6) is 0 Å². The summed E-state index contributed by atoms with van der Waals surface area (Å²) in [5, 5.41) is 7.53. The molecule has 2 aromatic heterocycles. The highest BCUT2D eigenvalue weighted by Gasteiger charge is 2.15. The van der Waals surface area contributed by atoms with Gasteiger partial charge < -0.3 is 9.73 Å². The van der Waals surface area contributed by atoms with E-state index < -0.39 is 0 Å². The van der Waals surface area contributed by atoms with Crippen LogP contribution in [0.4, 0.5) is 5.82 Å². The van der Waals surface area contributed by atoms with Gasteiger partial charge in [-0.2, -0.15) is 5.10 Å². The summed E-state index contributed by atoms with van der Waals surface area (Å²) in [7, 11) is 0. The van der Waals surface area contributed by atoms with Crippen molar-refractivity contribution >= 4 is 11.7 Å². The van der Waals surface area contributed by atoms with Gasteiger partial charge in [0.15, 0.2) is 5.76 Å². The summed E-state index contributed by atoms with van der Waals surface area (Å²) in [5.74, 6) is 0.509. The lowest BCUT2D eigenvalue weighted by molar-refractivity contribution is 0.0996. The molecule has 4 aromatic rings. The molecule has 4 rings (SSSR count). The Kier molecular flexibility index (Phi) is 3.88. The Bertz CT molecular complexity index is 974. The summed E-state index contributed by atoms with van der Waals surface area (Å²) in [4.78, 5) is 12.4. The lowest BCUT2D eigenvalue weighted by atomic mass is 10.1. The first kappa shape index (κ1) is 15.0. The Morgan fingerprint density at radius 1 is 0.920 bits per heavy atom. The van der Waals surface area contributed by atoms with E-state index in [1.54, 1.807) is 16.8 Å². The van der Waals surface area contributed by atoms with Gasteiger partial charge >= 0.3 is 0 Å². The number of hydrogen-bond donors (Lipinski definition) is 1. The number of carbonyl (C=O) groups excluding carboxylic acids is 1. The molecule has 1 amide bonds. The topological polar surface area (TPSA) is 60.1 Å². The maximum atomic E-state index is 12.4. The number of aromatic nitrogens is 2. The van der Waals surface area contributed by atoms with Crippen LogP contribution >= 0.6 is 0 Å². The average Bonchev–Trinajstić information content (AvgIpc) is 3.33. The smallest absolute Gasteiger partial charge is 0.292 e. The molecule has 0 saturated carbocycles. The van der Waals surface area contributed by atoms with Crippen LogP contribution in [0.15, 0.2) is 89.5 Å². The van der Waals surface area contributed by atoms with Crippen molar-refractivity contribution in [1.29, 1.82) is 0 Å². The normalized spacial score (nSPS) is 10.6. The third-order valence-corrected chi connectivity index (χ3v) is 3.77.